The van der Waals surface area contributed by atoms with Gasteiger partial charge in [-0.2, -0.15) is 0 Å². The zero-order valence-corrected chi connectivity index (χ0v) is 23.0. The van der Waals surface area contributed by atoms with Gasteiger partial charge in [0, 0.05) is 47.5 Å². The number of carbonyl (C=O) groups excluding carboxylic acids is 1. The van der Waals surface area contributed by atoms with Crippen LogP contribution in [0.2, 0.25) is 0 Å². The van der Waals surface area contributed by atoms with E-state index in [0.29, 0.717) is 6.42 Å². The van der Waals surface area contributed by atoms with Gasteiger partial charge in [-0.25, -0.2) is 0 Å². The number of benzene rings is 2. The summed E-state index contributed by atoms with van der Waals surface area (Å²) in [6.07, 6.45) is 15.7. The van der Waals surface area contributed by atoms with Gasteiger partial charge in [0.15, 0.2) is 0 Å². The lowest BCUT2D eigenvalue weighted by Gasteiger charge is -2.27. The summed E-state index contributed by atoms with van der Waals surface area (Å²) in [6, 6.07) is 17.1. The van der Waals surface area contributed by atoms with Crippen LogP contribution >= 0.6 is 11.8 Å². The van der Waals surface area contributed by atoms with Crippen molar-refractivity contribution >= 4 is 34.6 Å². The summed E-state index contributed by atoms with van der Waals surface area (Å²) in [5.41, 5.74) is 4.95. The summed E-state index contributed by atoms with van der Waals surface area (Å²) in [5, 5.41) is 6.87. The fourth-order valence-electron chi connectivity index (χ4n) is 4.57. The van der Waals surface area contributed by atoms with Crippen LogP contribution in [0.15, 0.2) is 83.9 Å². The van der Waals surface area contributed by atoms with Crippen LogP contribution in [-0.4, -0.2) is 49.4 Å². The molecule has 1 atom stereocenters. The maximum atomic E-state index is 12.1. The number of rotatable bonds is 13. The van der Waals surface area contributed by atoms with Crippen LogP contribution in [0.5, 0.6) is 0 Å². The molecular formula is C31H40N4OS. The number of hydrogen-bond donors (Lipinski definition) is 2. The Bertz CT molecular complexity index is 1100. The molecule has 2 aliphatic rings. The summed E-state index contributed by atoms with van der Waals surface area (Å²) in [4.78, 5) is 18.0. The molecule has 0 saturated heterocycles. The van der Waals surface area contributed by atoms with Crippen LogP contribution < -0.4 is 15.5 Å². The topological polar surface area (TPSA) is 47.6 Å². The Morgan fingerprint density at radius 1 is 1.11 bits per heavy atom. The van der Waals surface area contributed by atoms with E-state index in [1.165, 1.54) is 27.4 Å². The molecule has 2 aromatic rings. The number of amides is 1. The lowest BCUT2D eigenvalue weighted by Crippen LogP contribution is -2.28. The number of thioether (sulfide) groups is 1. The molecule has 1 unspecified atom stereocenters. The minimum atomic E-state index is 0.181. The van der Waals surface area contributed by atoms with Crippen molar-refractivity contribution in [3.05, 3.63) is 84.6 Å². The summed E-state index contributed by atoms with van der Waals surface area (Å²) in [6.45, 7) is 5.96. The second-order valence-corrected chi connectivity index (χ2v) is 10.8. The molecule has 5 nitrogen and oxygen atoms in total. The molecule has 1 amide bonds. The molecule has 196 valence electrons. The van der Waals surface area contributed by atoms with Crippen molar-refractivity contribution in [1.82, 2.24) is 10.2 Å². The molecule has 0 saturated carbocycles. The summed E-state index contributed by atoms with van der Waals surface area (Å²) in [7, 11) is 2.11. The van der Waals surface area contributed by atoms with E-state index >= 15 is 0 Å². The molecule has 37 heavy (non-hydrogen) atoms. The molecule has 0 spiro atoms. The predicted octanol–water partition coefficient (Wildman–Crippen LogP) is 6.52. The molecule has 6 heteroatoms. The number of hydrogen-bond acceptors (Lipinski definition) is 5. The number of nitrogens with one attached hydrogen (secondary N) is 2. The van der Waals surface area contributed by atoms with Gasteiger partial charge in [-0.05, 0) is 69.2 Å². The van der Waals surface area contributed by atoms with Crippen molar-refractivity contribution in [3.8, 4) is 0 Å². The normalized spacial score (nSPS) is 17.3. The molecule has 4 rings (SSSR count). The maximum absolute atomic E-state index is 12.1. The van der Waals surface area contributed by atoms with Crippen molar-refractivity contribution in [1.29, 1.82) is 0 Å². The average molecular weight is 517 g/mol. The van der Waals surface area contributed by atoms with Crippen molar-refractivity contribution in [3.63, 3.8) is 0 Å². The SMILES string of the molecule is CCN(C)CCCNC(=O)CCCCCN1C=CC(=CC=CC2Nc3ccccc3S2)c2ccccc21. The highest BCUT2D eigenvalue weighted by Crippen LogP contribution is 2.38. The van der Waals surface area contributed by atoms with Crippen LogP contribution in [-0.2, 0) is 4.79 Å². The molecular weight excluding hydrogens is 476 g/mol. The number of fused-ring (bicyclic) bond motifs is 2. The number of carbonyl (C=O) groups is 1. The Hall–Kier alpha value is -2.96. The fourth-order valence-corrected chi connectivity index (χ4v) is 5.61. The van der Waals surface area contributed by atoms with Gasteiger partial charge in [-0.1, -0.05) is 73.7 Å². The summed E-state index contributed by atoms with van der Waals surface area (Å²) >= 11 is 1.85. The number of allylic oxidation sites excluding steroid dienone is 4. The molecule has 0 radical (unpaired) electrons. The highest BCUT2D eigenvalue weighted by molar-refractivity contribution is 8.00. The first-order chi connectivity index (χ1) is 18.1. The van der Waals surface area contributed by atoms with Crippen LogP contribution in [0.1, 0.15) is 44.6 Å². The molecule has 0 fully saturated rings. The lowest BCUT2D eigenvalue weighted by molar-refractivity contribution is -0.121. The third-order valence-corrected chi connectivity index (χ3v) is 7.98. The first kappa shape index (κ1) is 27.1. The second kappa shape index (κ2) is 14.1. The van der Waals surface area contributed by atoms with Gasteiger partial charge in [0.1, 0.15) is 0 Å². The van der Waals surface area contributed by atoms with E-state index in [1.54, 1.807) is 0 Å². The van der Waals surface area contributed by atoms with Crippen LogP contribution in [0, 0.1) is 0 Å². The van der Waals surface area contributed by atoms with Gasteiger partial charge >= 0.3 is 0 Å². The number of anilines is 2. The number of nitrogens with zero attached hydrogens (tertiary/aromatic N) is 2. The highest BCUT2D eigenvalue weighted by Gasteiger charge is 2.18. The predicted molar refractivity (Wildman–Crippen MR) is 159 cm³/mol. The molecule has 2 aromatic carbocycles. The van der Waals surface area contributed by atoms with Crippen molar-refractivity contribution in [2.24, 2.45) is 0 Å². The smallest absolute Gasteiger partial charge is 0.219 e. The monoisotopic (exact) mass is 516 g/mol. The molecule has 0 bridgehead atoms. The molecule has 0 aliphatic carbocycles. The van der Waals surface area contributed by atoms with Crippen LogP contribution in [0.3, 0.4) is 0 Å². The Kier molecular flexibility index (Phi) is 10.3. The Morgan fingerprint density at radius 3 is 2.81 bits per heavy atom. The maximum Gasteiger partial charge on any atom is 0.219 e. The Balaban J connectivity index is 1.21. The van der Waals surface area contributed by atoms with Crippen LogP contribution in [0.4, 0.5) is 11.4 Å². The minimum absolute atomic E-state index is 0.181. The number of para-hydroxylation sites is 2. The quantitative estimate of drug-likeness (QED) is 0.297. The summed E-state index contributed by atoms with van der Waals surface area (Å²) < 4.78 is 0. The van der Waals surface area contributed by atoms with E-state index in [4.69, 9.17) is 0 Å². The van der Waals surface area contributed by atoms with E-state index in [9.17, 15) is 4.79 Å². The van der Waals surface area contributed by atoms with Gasteiger partial charge < -0.3 is 20.4 Å². The first-order valence-electron chi connectivity index (χ1n) is 13.5. The van der Waals surface area contributed by atoms with Gasteiger partial charge in [0.25, 0.3) is 0 Å². The third kappa shape index (κ3) is 8.01. The zero-order chi connectivity index (χ0) is 25.9. The Morgan fingerprint density at radius 2 is 1.95 bits per heavy atom. The first-order valence-corrected chi connectivity index (χ1v) is 14.4. The molecule has 2 heterocycles. The standard InChI is InChI=1S/C31H40N4OS/c1-3-34(2)22-12-21-32-30(36)18-5-4-10-23-35-24-20-25(26-14-6-8-16-28(26)35)13-11-19-31-33-27-15-7-9-17-29(27)37-31/h6-9,11,13-17,19-20,24,31,33H,3-5,10,12,18,21-23H2,1-2H3,(H,32,36). The van der Waals surface area contributed by atoms with Crippen molar-refractivity contribution < 1.29 is 4.79 Å². The van der Waals surface area contributed by atoms with E-state index in [2.05, 4.69) is 113 Å². The second-order valence-electron chi connectivity index (χ2n) is 9.62. The van der Waals surface area contributed by atoms with Crippen molar-refractivity contribution in [2.75, 3.05) is 43.4 Å². The van der Waals surface area contributed by atoms with Gasteiger partial charge in [0.2, 0.25) is 5.91 Å². The fraction of sp³-hybridized carbons (Fsp3) is 0.387. The molecule has 2 aliphatic heterocycles. The zero-order valence-electron chi connectivity index (χ0n) is 22.2. The summed E-state index contributed by atoms with van der Waals surface area (Å²) in [5.74, 6) is 0.181. The van der Waals surface area contributed by atoms with E-state index in [1.807, 2.05) is 11.8 Å². The van der Waals surface area contributed by atoms with Gasteiger partial charge in [-0.3, -0.25) is 4.79 Å². The van der Waals surface area contributed by atoms with Gasteiger partial charge in [0.05, 0.1) is 5.37 Å². The highest BCUT2D eigenvalue weighted by atomic mass is 32.2. The van der Waals surface area contributed by atoms with Crippen molar-refractivity contribution in [2.45, 2.75) is 49.3 Å². The third-order valence-electron chi connectivity index (χ3n) is 6.84. The number of unbranched alkanes of at least 4 members (excludes halogenated alkanes) is 2. The average Bonchev–Trinajstić information content (AvgIpc) is 3.34. The van der Waals surface area contributed by atoms with E-state index in [-0.39, 0.29) is 11.3 Å². The largest absolute Gasteiger partial charge is 0.369 e. The molecule has 0 aromatic heterocycles. The van der Waals surface area contributed by atoms with Crippen LogP contribution in [0.25, 0.3) is 5.57 Å². The molecule has 2 N–H and O–H groups in total. The van der Waals surface area contributed by atoms with E-state index < -0.39 is 0 Å². The minimum Gasteiger partial charge on any atom is -0.369 e. The van der Waals surface area contributed by atoms with Gasteiger partial charge in [-0.15, -0.1) is 0 Å². The lowest BCUT2D eigenvalue weighted by atomic mass is 9.99. The Labute approximate surface area is 226 Å². The van der Waals surface area contributed by atoms with E-state index in [0.717, 1.165) is 51.9 Å².